The summed E-state index contributed by atoms with van der Waals surface area (Å²) in [6.45, 7) is 0.518. The summed E-state index contributed by atoms with van der Waals surface area (Å²) in [5.41, 5.74) is 0.286. The Bertz CT molecular complexity index is 404. The third-order valence-corrected chi connectivity index (χ3v) is 3.47. The molecule has 1 aliphatic rings. The monoisotopic (exact) mass is 270 g/mol. The predicted molar refractivity (Wildman–Crippen MR) is 68.2 cm³/mol. The van der Waals surface area contributed by atoms with Crippen LogP contribution in [0.2, 0.25) is 0 Å². The summed E-state index contributed by atoms with van der Waals surface area (Å²) in [6, 6.07) is 2.94. The minimum absolute atomic E-state index is 0.150. The van der Waals surface area contributed by atoms with Gasteiger partial charge in [-0.1, -0.05) is 12.8 Å². The van der Waals surface area contributed by atoms with E-state index < -0.39 is 5.82 Å². The first-order valence-corrected chi connectivity index (χ1v) is 6.74. The molecule has 1 amide bonds. The summed E-state index contributed by atoms with van der Waals surface area (Å²) in [6.07, 6.45) is 5.40. The summed E-state index contributed by atoms with van der Waals surface area (Å²) in [5.74, 6) is -0.178. The van der Waals surface area contributed by atoms with Crippen molar-refractivity contribution in [3.05, 3.63) is 29.8 Å². The van der Waals surface area contributed by atoms with Gasteiger partial charge in [0.25, 0.3) is 5.91 Å². The maximum absolute atomic E-state index is 12.8. The molecule has 0 atom stereocenters. The first kappa shape index (κ1) is 13.3. The van der Waals surface area contributed by atoms with E-state index in [4.69, 9.17) is 11.6 Å². The van der Waals surface area contributed by atoms with Gasteiger partial charge >= 0.3 is 0 Å². The molecule has 1 aliphatic carbocycles. The number of pyridine rings is 1. The summed E-state index contributed by atoms with van der Waals surface area (Å²) in [4.78, 5) is 17.9. The summed E-state index contributed by atoms with van der Waals surface area (Å²) in [7, 11) is 0. The van der Waals surface area contributed by atoms with Crippen molar-refractivity contribution in [2.24, 2.45) is 0 Å². The topological polar surface area (TPSA) is 33.2 Å². The average molecular weight is 271 g/mol. The third kappa shape index (κ3) is 2.99. The number of hydrogen-bond acceptors (Lipinski definition) is 2. The van der Waals surface area contributed by atoms with Crippen LogP contribution in [0.15, 0.2) is 18.3 Å². The minimum Gasteiger partial charge on any atom is -0.333 e. The lowest BCUT2D eigenvalue weighted by atomic mass is 10.2. The number of alkyl halides is 1. The van der Waals surface area contributed by atoms with Crippen LogP contribution in [-0.4, -0.2) is 34.3 Å². The van der Waals surface area contributed by atoms with Crippen LogP contribution < -0.4 is 0 Å². The predicted octanol–water partition coefficient (Wildman–Crippen LogP) is 2.84. The number of amides is 1. The van der Waals surface area contributed by atoms with E-state index in [2.05, 4.69) is 4.98 Å². The maximum atomic E-state index is 12.8. The van der Waals surface area contributed by atoms with Gasteiger partial charge in [-0.25, -0.2) is 9.37 Å². The average Bonchev–Trinajstić information content (AvgIpc) is 2.90. The van der Waals surface area contributed by atoms with E-state index >= 15 is 0 Å². The Morgan fingerprint density at radius 2 is 2.17 bits per heavy atom. The van der Waals surface area contributed by atoms with Gasteiger partial charge in [0.2, 0.25) is 0 Å². The zero-order valence-corrected chi connectivity index (χ0v) is 10.9. The van der Waals surface area contributed by atoms with Crippen molar-refractivity contribution in [1.29, 1.82) is 0 Å². The van der Waals surface area contributed by atoms with Crippen molar-refractivity contribution in [3.63, 3.8) is 0 Å². The Morgan fingerprint density at radius 1 is 1.44 bits per heavy atom. The normalized spacial score (nSPS) is 15.9. The summed E-state index contributed by atoms with van der Waals surface area (Å²) < 4.78 is 12.8. The molecule has 1 saturated carbocycles. The molecule has 0 aliphatic heterocycles. The number of carbonyl (C=O) groups is 1. The Hall–Kier alpha value is -1.16. The number of carbonyl (C=O) groups excluding carboxylic acids is 1. The van der Waals surface area contributed by atoms with Gasteiger partial charge in [-0.3, -0.25) is 4.79 Å². The molecule has 1 aromatic heterocycles. The van der Waals surface area contributed by atoms with Crippen LogP contribution in [0.5, 0.6) is 0 Å². The molecule has 0 radical (unpaired) electrons. The molecule has 2 rings (SSSR count). The van der Waals surface area contributed by atoms with Gasteiger partial charge < -0.3 is 4.90 Å². The zero-order chi connectivity index (χ0) is 13.0. The number of hydrogen-bond donors (Lipinski definition) is 0. The van der Waals surface area contributed by atoms with Gasteiger partial charge in [-0.2, -0.15) is 0 Å². The van der Waals surface area contributed by atoms with E-state index in [1.54, 1.807) is 4.90 Å². The molecule has 0 unspecified atom stereocenters. The molecule has 5 heteroatoms. The molecule has 1 heterocycles. The molecule has 1 aromatic rings. The van der Waals surface area contributed by atoms with Crippen LogP contribution in [0.1, 0.15) is 36.2 Å². The molecule has 0 N–H and O–H groups in total. The lowest BCUT2D eigenvalue weighted by Gasteiger charge is -2.27. The van der Waals surface area contributed by atoms with E-state index in [9.17, 15) is 9.18 Å². The second-order valence-corrected chi connectivity index (χ2v) is 4.87. The fourth-order valence-corrected chi connectivity index (χ4v) is 2.59. The van der Waals surface area contributed by atoms with Gasteiger partial charge in [0.05, 0.1) is 6.20 Å². The molecule has 98 valence electrons. The van der Waals surface area contributed by atoms with E-state index in [0.717, 1.165) is 31.9 Å². The van der Waals surface area contributed by atoms with Crippen LogP contribution >= 0.6 is 11.6 Å². The Morgan fingerprint density at radius 3 is 2.72 bits per heavy atom. The molecule has 0 bridgehead atoms. The minimum atomic E-state index is -0.434. The van der Waals surface area contributed by atoms with Crippen molar-refractivity contribution >= 4 is 17.5 Å². The highest BCUT2D eigenvalue weighted by molar-refractivity contribution is 6.18. The summed E-state index contributed by atoms with van der Waals surface area (Å²) in [5, 5.41) is 0. The Balaban J connectivity index is 2.14. The van der Waals surface area contributed by atoms with Crippen LogP contribution in [-0.2, 0) is 0 Å². The van der Waals surface area contributed by atoms with Gasteiger partial charge in [0.1, 0.15) is 11.5 Å². The van der Waals surface area contributed by atoms with Gasteiger partial charge in [0, 0.05) is 18.5 Å². The fourth-order valence-electron chi connectivity index (χ4n) is 2.41. The van der Waals surface area contributed by atoms with E-state index in [1.807, 2.05) is 0 Å². The smallest absolute Gasteiger partial charge is 0.272 e. The van der Waals surface area contributed by atoms with Gasteiger partial charge in [-0.15, -0.1) is 11.6 Å². The third-order valence-electron chi connectivity index (χ3n) is 3.30. The molecule has 0 saturated heterocycles. The first-order chi connectivity index (χ1) is 8.72. The van der Waals surface area contributed by atoms with Crippen molar-refractivity contribution in [1.82, 2.24) is 9.88 Å². The van der Waals surface area contributed by atoms with Crippen LogP contribution in [0.4, 0.5) is 4.39 Å². The lowest BCUT2D eigenvalue weighted by Crippen LogP contribution is -2.40. The highest BCUT2D eigenvalue weighted by atomic mass is 35.5. The fraction of sp³-hybridized carbons (Fsp3) is 0.538. The zero-order valence-electron chi connectivity index (χ0n) is 10.1. The van der Waals surface area contributed by atoms with Crippen LogP contribution in [0.25, 0.3) is 0 Å². The largest absolute Gasteiger partial charge is 0.333 e. The molecule has 0 spiro atoms. The van der Waals surface area contributed by atoms with E-state index in [1.165, 1.54) is 12.1 Å². The van der Waals surface area contributed by atoms with E-state index in [0.29, 0.717) is 12.4 Å². The highest BCUT2D eigenvalue weighted by Gasteiger charge is 2.27. The van der Waals surface area contributed by atoms with Crippen molar-refractivity contribution in [2.45, 2.75) is 31.7 Å². The molecule has 1 fully saturated rings. The number of rotatable bonds is 4. The van der Waals surface area contributed by atoms with Crippen LogP contribution in [0, 0.1) is 5.82 Å². The Kier molecular flexibility index (Phi) is 4.53. The second-order valence-electron chi connectivity index (χ2n) is 4.49. The number of halogens is 2. The molecule has 18 heavy (non-hydrogen) atoms. The summed E-state index contributed by atoms with van der Waals surface area (Å²) >= 11 is 5.76. The number of nitrogens with zero attached hydrogens (tertiary/aromatic N) is 2. The molecule has 3 nitrogen and oxygen atoms in total. The molecular formula is C13H16ClFN2O. The number of aromatic nitrogens is 1. The highest BCUT2D eigenvalue weighted by Crippen LogP contribution is 2.24. The second kappa shape index (κ2) is 6.14. The Labute approximate surface area is 111 Å². The van der Waals surface area contributed by atoms with Crippen LogP contribution in [0.3, 0.4) is 0 Å². The van der Waals surface area contributed by atoms with Crippen molar-refractivity contribution in [3.8, 4) is 0 Å². The maximum Gasteiger partial charge on any atom is 0.272 e. The molecule has 0 aromatic carbocycles. The first-order valence-electron chi connectivity index (χ1n) is 6.21. The van der Waals surface area contributed by atoms with Crippen molar-refractivity contribution in [2.75, 3.05) is 12.4 Å². The SMILES string of the molecule is O=C(c1ccc(F)cn1)N(CCCl)C1CCCC1. The standard InChI is InChI=1S/C13H16ClFN2O/c14-7-8-17(11-3-1-2-4-11)13(18)12-6-5-10(15)9-16-12/h5-6,9,11H,1-4,7-8H2. The van der Waals surface area contributed by atoms with Crippen molar-refractivity contribution < 1.29 is 9.18 Å². The lowest BCUT2D eigenvalue weighted by molar-refractivity contribution is 0.0689. The molecular weight excluding hydrogens is 255 g/mol. The quantitative estimate of drug-likeness (QED) is 0.788. The van der Waals surface area contributed by atoms with Gasteiger partial charge in [-0.05, 0) is 25.0 Å². The van der Waals surface area contributed by atoms with Gasteiger partial charge in [0.15, 0.2) is 0 Å². The van der Waals surface area contributed by atoms with E-state index in [-0.39, 0.29) is 17.6 Å².